The predicted octanol–water partition coefficient (Wildman–Crippen LogP) is 0.171. The van der Waals surface area contributed by atoms with Crippen molar-refractivity contribution in [3.05, 3.63) is 0 Å². The Morgan fingerprint density at radius 1 is 0.500 bits per heavy atom. The Labute approximate surface area is 109 Å². The van der Waals surface area contributed by atoms with Crippen molar-refractivity contribution in [2.24, 2.45) is 0 Å². The highest BCUT2D eigenvalue weighted by atomic mass is 16.3. The fourth-order valence-corrected chi connectivity index (χ4v) is 1.88. The zero-order valence-electron chi connectivity index (χ0n) is 11.4. The van der Waals surface area contributed by atoms with Crippen LogP contribution in [0.25, 0.3) is 0 Å². The van der Waals surface area contributed by atoms with Crippen LogP contribution in [0.15, 0.2) is 0 Å². The quantitative estimate of drug-likeness (QED) is 0.387. The van der Waals surface area contributed by atoms with Gasteiger partial charge >= 0.3 is 0 Å². The molecule has 4 atom stereocenters. The third-order valence-electron chi connectivity index (χ3n) is 3.12. The van der Waals surface area contributed by atoms with Crippen LogP contribution < -0.4 is 0 Å². The second-order valence-corrected chi connectivity index (χ2v) is 5.03. The predicted molar refractivity (Wildman–Crippen MR) is 69.1 cm³/mol. The van der Waals surface area contributed by atoms with Gasteiger partial charge in [0, 0.05) is 0 Å². The molecule has 4 unspecified atom stereocenters. The van der Waals surface area contributed by atoms with E-state index in [9.17, 15) is 25.5 Å². The molecule has 0 saturated heterocycles. The summed E-state index contributed by atoms with van der Waals surface area (Å²) in [6.07, 6.45) is -1.58. The molecule has 0 spiro atoms. The zero-order chi connectivity index (χ0) is 14.1. The molecule has 5 heteroatoms. The van der Waals surface area contributed by atoms with E-state index < -0.39 is 30.5 Å². The van der Waals surface area contributed by atoms with Crippen molar-refractivity contribution in [3.8, 4) is 0 Å². The maximum absolute atomic E-state index is 9.68. The van der Waals surface area contributed by atoms with Crippen LogP contribution in [0.5, 0.6) is 0 Å². The molecule has 0 bridgehead atoms. The monoisotopic (exact) mass is 264 g/mol. The average Bonchev–Trinajstić information content (AvgIpc) is 2.27. The smallest absolute Gasteiger partial charge is 0.0589 e. The van der Waals surface area contributed by atoms with Gasteiger partial charge in [-0.05, 0) is 38.5 Å². The van der Waals surface area contributed by atoms with E-state index in [0.29, 0.717) is 12.8 Å². The minimum Gasteiger partial charge on any atom is -0.393 e. The van der Waals surface area contributed by atoms with Crippen molar-refractivity contribution in [2.45, 2.75) is 82.9 Å². The first-order valence-electron chi connectivity index (χ1n) is 6.79. The molecule has 0 aromatic rings. The summed E-state index contributed by atoms with van der Waals surface area (Å²) >= 11 is 0. The molecule has 0 aromatic carbocycles. The van der Waals surface area contributed by atoms with Crippen LogP contribution in [0.4, 0.5) is 0 Å². The molecular formula is C13H28O5. The Balaban J connectivity index is 3.84. The third kappa shape index (κ3) is 8.83. The molecule has 5 nitrogen and oxygen atoms in total. The highest BCUT2D eigenvalue weighted by Crippen LogP contribution is 2.14. The van der Waals surface area contributed by atoms with Gasteiger partial charge in [0.1, 0.15) is 0 Å². The maximum Gasteiger partial charge on any atom is 0.0589 e. The van der Waals surface area contributed by atoms with Crippen LogP contribution in [0.2, 0.25) is 0 Å². The molecule has 0 aliphatic carbocycles. The Bertz CT molecular complexity index is 180. The molecule has 0 saturated carbocycles. The number of hydrogen-bond donors (Lipinski definition) is 5. The summed E-state index contributed by atoms with van der Waals surface area (Å²) in [5, 5.41) is 47.6. The van der Waals surface area contributed by atoms with Gasteiger partial charge in [-0.15, -0.1) is 0 Å². The normalized spacial score (nSPS) is 20.2. The highest BCUT2D eigenvalue weighted by Gasteiger charge is 2.19. The number of rotatable bonds is 10. The van der Waals surface area contributed by atoms with Gasteiger partial charge in [-0.1, -0.05) is 13.8 Å². The fraction of sp³-hybridized carbons (Fsp3) is 1.00. The van der Waals surface area contributed by atoms with Crippen molar-refractivity contribution < 1.29 is 25.5 Å². The van der Waals surface area contributed by atoms with Gasteiger partial charge < -0.3 is 25.5 Å². The van der Waals surface area contributed by atoms with E-state index in [4.69, 9.17) is 0 Å². The highest BCUT2D eigenvalue weighted by molar-refractivity contribution is 4.72. The molecule has 0 radical (unpaired) electrons. The topological polar surface area (TPSA) is 101 Å². The van der Waals surface area contributed by atoms with Crippen LogP contribution in [0, 0.1) is 0 Å². The van der Waals surface area contributed by atoms with Crippen molar-refractivity contribution in [1.82, 2.24) is 0 Å². The first-order valence-corrected chi connectivity index (χ1v) is 6.79. The van der Waals surface area contributed by atoms with Gasteiger partial charge in [-0.3, -0.25) is 0 Å². The zero-order valence-corrected chi connectivity index (χ0v) is 11.4. The van der Waals surface area contributed by atoms with Crippen LogP contribution >= 0.6 is 0 Å². The van der Waals surface area contributed by atoms with Gasteiger partial charge in [0.2, 0.25) is 0 Å². The Morgan fingerprint density at radius 3 is 0.944 bits per heavy atom. The van der Waals surface area contributed by atoms with Gasteiger partial charge in [-0.2, -0.15) is 0 Å². The summed E-state index contributed by atoms with van der Waals surface area (Å²) in [6, 6.07) is 0. The SMILES string of the molecule is CCC(O)CC(O)CC(O)CC(O)CC(O)CC. The Kier molecular flexibility index (Phi) is 9.59. The summed E-state index contributed by atoms with van der Waals surface area (Å²) in [5.41, 5.74) is 0. The second-order valence-electron chi connectivity index (χ2n) is 5.03. The largest absolute Gasteiger partial charge is 0.393 e. The van der Waals surface area contributed by atoms with Crippen molar-refractivity contribution in [2.75, 3.05) is 0 Å². The number of aliphatic hydroxyl groups is 5. The summed E-state index contributed by atoms with van der Waals surface area (Å²) in [4.78, 5) is 0. The lowest BCUT2D eigenvalue weighted by atomic mass is 9.98. The van der Waals surface area contributed by atoms with E-state index >= 15 is 0 Å². The molecule has 0 aromatic heterocycles. The molecular weight excluding hydrogens is 236 g/mol. The molecule has 0 aliphatic rings. The van der Waals surface area contributed by atoms with Gasteiger partial charge in [0.25, 0.3) is 0 Å². The van der Waals surface area contributed by atoms with E-state index in [1.54, 1.807) is 0 Å². The summed E-state index contributed by atoms with van der Waals surface area (Å²) < 4.78 is 0. The lowest BCUT2D eigenvalue weighted by Gasteiger charge is -2.21. The summed E-state index contributed by atoms with van der Waals surface area (Å²) in [7, 11) is 0. The maximum atomic E-state index is 9.68. The number of hydrogen-bond acceptors (Lipinski definition) is 5. The molecule has 0 aliphatic heterocycles. The fourth-order valence-electron chi connectivity index (χ4n) is 1.88. The van der Waals surface area contributed by atoms with Crippen molar-refractivity contribution in [3.63, 3.8) is 0 Å². The van der Waals surface area contributed by atoms with Gasteiger partial charge in [0.05, 0.1) is 30.5 Å². The molecule has 18 heavy (non-hydrogen) atoms. The standard InChI is InChI=1S/C13H28O5/c1-3-9(14)5-11(16)7-13(18)8-12(17)6-10(15)4-2/h9-18H,3-8H2,1-2H3. The Morgan fingerprint density at radius 2 is 0.722 bits per heavy atom. The van der Waals surface area contributed by atoms with Crippen LogP contribution in [0.1, 0.15) is 52.4 Å². The molecule has 0 amide bonds. The average molecular weight is 264 g/mol. The van der Waals surface area contributed by atoms with E-state index in [1.807, 2.05) is 13.8 Å². The lowest BCUT2D eigenvalue weighted by molar-refractivity contribution is 0.00623. The third-order valence-corrected chi connectivity index (χ3v) is 3.12. The van der Waals surface area contributed by atoms with Crippen LogP contribution in [-0.2, 0) is 0 Å². The number of aliphatic hydroxyl groups excluding tert-OH is 5. The summed E-state index contributed by atoms with van der Waals surface area (Å²) in [5.74, 6) is 0. The van der Waals surface area contributed by atoms with Gasteiger partial charge in [0.15, 0.2) is 0 Å². The van der Waals surface area contributed by atoms with Crippen molar-refractivity contribution >= 4 is 0 Å². The van der Waals surface area contributed by atoms with Gasteiger partial charge in [-0.25, -0.2) is 0 Å². The van der Waals surface area contributed by atoms with E-state index in [0.717, 1.165) is 0 Å². The lowest BCUT2D eigenvalue weighted by Crippen LogP contribution is -2.27. The van der Waals surface area contributed by atoms with Crippen molar-refractivity contribution in [1.29, 1.82) is 0 Å². The first-order chi connectivity index (χ1) is 8.38. The molecule has 5 N–H and O–H groups in total. The molecule has 110 valence electrons. The summed E-state index contributed by atoms with van der Waals surface area (Å²) in [6.45, 7) is 3.65. The van der Waals surface area contributed by atoms with Crippen LogP contribution in [0.3, 0.4) is 0 Å². The second kappa shape index (κ2) is 9.69. The van der Waals surface area contributed by atoms with E-state index in [2.05, 4.69) is 0 Å². The van der Waals surface area contributed by atoms with Crippen LogP contribution in [-0.4, -0.2) is 56.1 Å². The first kappa shape index (κ1) is 17.8. The Hall–Kier alpha value is -0.200. The molecule has 0 heterocycles. The molecule has 0 fully saturated rings. The molecule has 0 rings (SSSR count). The van der Waals surface area contributed by atoms with E-state index in [1.165, 1.54) is 0 Å². The minimum atomic E-state index is -0.817. The minimum absolute atomic E-state index is 0.135. The van der Waals surface area contributed by atoms with E-state index in [-0.39, 0.29) is 25.7 Å².